The number of imidazole rings is 1. The van der Waals surface area contributed by atoms with E-state index in [9.17, 15) is 4.79 Å². The van der Waals surface area contributed by atoms with Crippen LogP contribution in [0.3, 0.4) is 0 Å². The summed E-state index contributed by atoms with van der Waals surface area (Å²) in [6.07, 6.45) is 7.73. The number of hydrogen-bond donors (Lipinski definition) is 2. The van der Waals surface area contributed by atoms with Crippen LogP contribution in [0.5, 0.6) is 5.75 Å². The minimum absolute atomic E-state index is 0.186. The van der Waals surface area contributed by atoms with E-state index >= 15 is 0 Å². The Bertz CT molecular complexity index is 1490. The summed E-state index contributed by atoms with van der Waals surface area (Å²) in [7, 11) is -1.73. The molecule has 1 saturated heterocycles. The SMILES string of the molecule is CCCCCOC(=O)C(CC(C)C)NP(OCC1CCC(n2cnc3c(N)ncnc32)O1)Oc1cccc2ccccc12. The Morgan fingerprint density at radius 2 is 1.98 bits per heavy atom. The van der Waals surface area contributed by atoms with Gasteiger partial charge in [0.1, 0.15) is 29.9 Å². The summed E-state index contributed by atoms with van der Waals surface area (Å²) in [6, 6.07) is 13.4. The first-order valence-electron chi connectivity index (χ1n) is 15.0. The zero-order valence-corrected chi connectivity index (χ0v) is 25.9. The molecule has 12 heteroatoms. The molecule has 0 aliphatic carbocycles. The number of carbonyl (C=O) groups excluding carboxylic acids is 1. The second-order valence-electron chi connectivity index (χ2n) is 11.2. The van der Waals surface area contributed by atoms with Crippen LogP contribution in [0, 0.1) is 5.92 Å². The van der Waals surface area contributed by atoms with Crippen molar-refractivity contribution in [2.24, 2.45) is 5.92 Å². The third-order valence-corrected chi connectivity index (χ3v) is 8.60. The van der Waals surface area contributed by atoms with Crippen molar-refractivity contribution in [1.82, 2.24) is 24.6 Å². The summed E-state index contributed by atoms with van der Waals surface area (Å²) in [5.41, 5.74) is 7.16. The number of nitrogens with two attached hydrogens (primary N) is 1. The topological polar surface area (TPSA) is 136 Å². The molecule has 0 radical (unpaired) electrons. The maximum atomic E-state index is 13.2. The Balaban J connectivity index is 1.29. The Morgan fingerprint density at radius 3 is 2.81 bits per heavy atom. The molecule has 1 aliphatic heterocycles. The standard InChI is InChI=1S/C31H41N6O5P/c1-4-5-8-16-39-31(38)25(17-21(2)3)36-43(42-26-13-9-11-22-10-6-7-12-24(22)26)40-18-23-14-15-27(41-23)37-20-35-28-29(32)33-19-34-30(28)37/h6-7,9-13,19-21,23,25,27,36H,4-5,8,14-18H2,1-3H3,(H2,32,33,34). The molecule has 2 aromatic heterocycles. The molecule has 4 unspecified atom stereocenters. The summed E-state index contributed by atoms with van der Waals surface area (Å²) in [5, 5.41) is 5.40. The largest absolute Gasteiger partial charge is 0.465 e. The molecule has 3 N–H and O–H groups in total. The van der Waals surface area contributed by atoms with E-state index in [1.807, 2.05) is 47.0 Å². The molecule has 3 heterocycles. The lowest BCUT2D eigenvalue weighted by atomic mass is 10.1. The lowest BCUT2D eigenvalue weighted by Gasteiger charge is -2.26. The Labute approximate surface area is 253 Å². The second kappa shape index (κ2) is 14.9. The van der Waals surface area contributed by atoms with E-state index < -0.39 is 14.6 Å². The number of nitrogens with one attached hydrogen (secondary N) is 1. The number of benzene rings is 2. The third-order valence-electron chi connectivity index (χ3n) is 7.34. The van der Waals surface area contributed by atoms with Gasteiger partial charge in [-0.3, -0.25) is 9.36 Å². The molecule has 5 rings (SSSR count). The predicted molar refractivity (Wildman–Crippen MR) is 167 cm³/mol. The monoisotopic (exact) mass is 608 g/mol. The van der Waals surface area contributed by atoms with Crippen LogP contribution in [0.15, 0.2) is 55.1 Å². The Morgan fingerprint density at radius 1 is 1.14 bits per heavy atom. The van der Waals surface area contributed by atoms with E-state index in [1.54, 1.807) is 6.33 Å². The van der Waals surface area contributed by atoms with E-state index in [1.165, 1.54) is 6.33 Å². The molecule has 0 amide bonds. The molecule has 1 aliphatic rings. The normalized spacial score (nSPS) is 18.3. The van der Waals surface area contributed by atoms with Gasteiger partial charge in [0.2, 0.25) is 0 Å². The highest BCUT2D eigenvalue weighted by atomic mass is 31.2. The molecule has 230 valence electrons. The van der Waals surface area contributed by atoms with Crippen molar-refractivity contribution in [1.29, 1.82) is 0 Å². The number of aromatic nitrogens is 4. The van der Waals surface area contributed by atoms with Crippen LogP contribution < -0.4 is 15.3 Å². The van der Waals surface area contributed by atoms with Crippen LogP contribution in [0.1, 0.15) is 65.5 Å². The first kappa shape index (κ1) is 31.1. The smallest absolute Gasteiger partial charge is 0.323 e. The molecule has 1 fully saturated rings. The number of esters is 1. The molecule has 0 saturated carbocycles. The van der Waals surface area contributed by atoms with Crippen molar-refractivity contribution in [2.75, 3.05) is 18.9 Å². The van der Waals surface area contributed by atoms with Crippen molar-refractivity contribution in [3.63, 3.8) is 0 Å². The van der Waals surface area contributed by atoms with E-state index in [-0.39, 0.29) is 30.8 Å². The van der Waals surface area contributed by atoms with E-state index in [0.29, 0.717) is 35.8 Å². The molecule has 0 bridgehead atoms. The van der Waals surface area contributed by atoms with Crippen molar-refractivity contribution in [2.45, 2.75) is 77.7 Å². The van der Waals surface area contributed by atoms with Gasteiger partial charge in [0, 0.05) is 5.39 Å². The lowest BCUT2D eigenvalue weighted by Crippen LogP contribution is -2.38. The van der Waals surface area contributed by atoms with Crippen molar-refractivity contribution >= 4 is 42.2 Å². The van der Waals surface area contributed by atoms with E-state index in [4.69, 9.17) is 24.3 Å². The van der Waals surface area contributed by atoms with Crippen LogP contribution in [0.25, 0.3) is 21.9 Å². The van der Waals surface area contributed by atoms with Crippen LogP contribution >= 0.6 is 8.53 Å². The fraction of sp³-hybridized carbons (Fsp3) is 0.484. The van der Waals surface area contributed by atoms with Gasteiger partial charge in [0.15, 0.2) is 11.5 Å². The number of rotatable bonds is 15. The number of unbranched alkanes of at least 4 members (excludes halogenated alkanes) is 2. The minimum Gasteiger partial charge on any atom is -0.465 e. The molecular formula is C31H41N6O5P. The predicted octanol–water partition coefficient (Wildman–Crippen LogP) is 6.30. The van der Waals surface area contributed by atoms with Gasteiger partial charge in [-0.15, -0.1) is 0 Å². The second-order valence-corrected chi connectivity index (χ2v) is 12.4. The van der Waals surface area contributed by atoms with E-state index in [0.717, 1.165) is 42.9 Å². The maximum absolute atomic E-state index is 13.2. The fourth-order valence-corrected chi connectivity index (χ4v) is 6.41. The fourth-order valence-electron chi connectivity index (χ4n) is 5.13. The molecule has 11 nitrogen and oxygen atoms in total. The van der Waals surface area contributed by atoms with Crippen molar-refractivity contribution < 1.29 is 23.3 Å². The molecule has 2 aromatic carbocycles. The van der Waals surface area contributed by atoms with Crippen molar-refractivity contribution in [3.05, 3.63) is 55.1 Å². The number of carbonyl (C=O) groups is 1. The lowest BCUT2D eigenvalue weighted by molar-refractivity contribution is -0.146. The summed E-state index contributed by atoms with van der Waals surface area (Å²) < 4.78 is 26.8. The average molecular weight is 609 g/mol. The van der Waals surface area contributed by atoms with Crippen LogP contribution in [-0.4, -0.2) is 50.8 Å². The first-order valence-corrected chi connectivity index (χ1v) is 16.2. The maximum Gasteiger partial charge on any atom is 0.323 e. The molecule has 4 aromatic rings. The number of fused-ring (bicyclic) bond motifs is 2. The van der Waals surface area contributed by atoms with Crippen LogP contribution in [-0.2, 0) is 18.8 Å². The van der Waals surface area contributed by atoms with Gasteiger partial charge >= 0.3 is 14.5 Å². The highest BCUT2D eigenvalue weighted by molar-refractivity contribution is 7.45. The molecule has 4 atom stereocenters. The number of hydrogen-bond acceptors (Lipinski definition) is 10. The van der Waals surface area contributed by atoms with Crippen LogP contribution in [0.4, 0.5) is 5.82 Å². The van der Waals surface area contributed by atoms with Gasteiger partial charge in [-0.2, -0.15) is 0 Å². The Hall–Kier alpha value is -3.37. The summed E-state index contributed by atoms with van der Waals surface area (Å²) in [5.74, 6) is 0.997. The van der Waals surface area contributed by atoms with Gasteiger partial charge in [-0.05, 0) is 43.1 Å². The molecule has 43 heavy (non-hydrogen) atoms. The summed E-state index contributed by atoms with van der Waals surface area (Å²) in [4.78, 5) is 25.9. The van der Waals surface area contributed by atoms with E-state index in [2.05, 4.69) is 40.8 Å². The van der Waals surface area contributed by atoms with Crippen LogP contribution in [0.2, 0.25) is 0 Å². The highest BCUT2D eigenvalue weighted by Gasteiger charge is 2.32. The van der Waals surface area contributed by atoms with Gasteiger partial charge in [-0.1, -0.05) is 70.0 Å². The van der Waals surface area contributed by atoms with Gasteiger partial charge in [0.05, 0.1) is 25.6 Å². The molecule has 0 spiro atoms. The van der Waals surface area contributed by atoms with Crippen molar-refractivity contribution in [3.8, 4) is 5.75 Å². The summed E-state index contributed by atoms with van der Waals surface area (Å²) in [6.45, 7) is 6.97. The Kier molecular flexibility index (Phi) is 10.8. The zero-order chi connectivity index (χ0) is 30.2. The third kappa shape index (κ3) is 7.97. The minimum atomic E-state index is -1.73. The summed E-state index contributed by atoms with van der Waals surface area (Å²) >= 11 is 0. The molecular weight excluding hydrogens is 567 g/mol. The van der Waals surface area contributed by atoms with Gasteiger partial charge in [0.25, 0.3) is 0 Å². The number of nitrogen functional groups attached to an aromatic ring is 1. The highest BCUT2D eigenvalue weighted by Crippen LogP contribution is 2.41. The number of anilines is 1. The van der Waals surface area contributed by atoms with Gasteiger partial charge in [-0.25, -0.2) is 20.0 Å². The number of nitrogens with zero attached hydrogens (tertiary/aromatic N) is 4. The number of ether oxygens (including phenoxy) is 2. The first-order chi connectivity index (χ1) is 20.9. The van der Waals surface area contributed by atoms with Gasteiger partial charge < -0.3 is 24.3 Å². The average Bonchev–Trinajstić information content (AvgIpc) is 3.65. The zero-order valence-electron chi connectivity index (χ0n) is 25.0. The quantitative estimate of drug-likeness (QED) is 0.0899.